The predicted octanol–water partition coefficient (Wildman–Crippen LogP) is 6.12. The van der Waals surface area contributed by atoms with Gasteiger partial charge < -0.3 is 8.92 Å². The number of urea groups is 1. The Balaban J connectivity index is 1.58. The molecule has 4 aromatic carbocycles. The number of ether oxygens (including phenoxy) is 1. The van der Waals surface area contributed by atoms with Crippen molar-refractivity contribution in [2.24, 2.45) is 0 Å². The lowest BCUT2D eigenvalue weighted by atomic mass is 10.0. The van der Waals surface area contributed by atoms with Crippen LogP contribution in [0, 0.1) is 6.92 Å². The van der Waals surface area contributed by atoms with Crippen molar-refractivity contribution < 1.29 is 31.7 Å². The van der Waals surface area contributed by atoms with E-state index in [0.29, 0.717) is 5.56 Å². The van der Waals surface area contributed by atoms with E-state index in [1.165, 1.54) is 37.5 Å². The Bertz CT molecular complexity index is 1760. The van der Waals surface area contributed by atoms with Crippen LogP contribution in [-0.2, 0) is 19.7 Å². The summed E-state index contributed by atoms with van der Waals surface area (Å²) in [4.78, 5) is 42.6. The molecule has 1 aliphatic rings. The number of carbonyl (C=O) groups excluding carboxylic acids is 3. The first-order chi connectivity index (χ1) is 20.1. The van der Waals surface area contributed by atoms with Gasteiger partial charge in [0.05, 0.1) is 23.0 Å². The molecular weight excluding hydrogens is 624 g/mol. The molecule has 1 fully saturated rings. The van der Waals surface area contributed by atoms with Crippen molar-refractivity contribution in [2.75, 3.05) is 16.9 Å². The van der Waals surface area contributed by atoms with Gasteiger partial charge in [0.25, 0.3) is 11.8 Å². The first-order valence-corrected chi connectivity index (χ1v) is 14.7. The number of hydrogen-bond acceptors (Lipinski definition) is 7. The SMILES string of the molecule is COc1cc(C=C2C(=O)N(c3ccccc3)C(=O)N(c3ccccc3)C2=O)cc(Br)c1OS(=O)(=O)c1ccc(C)cc1. The molecule has 0 atom stereocenters. The molecule has 0 aromatic heterocycles. The molecule has 11 heteroatoms. The molecule has 9 nitrogen and oxygen atoms in total. The van der Waals surface area contributed by atoms with Gasteiger partial charge in [0, 0.05) is 0 Å². The third-order valence-electron chi connectivity index (χ3n) is 6.34. The molecule has 4 amide bonds. The monoisotopic (exact) mass is 646 g/mol. The van der Waals surface area contributed by atoms with Crippen LogP contribution in [0.4, 0.5) is 16.2 Å². The Morgan fingerprint density at radius 2 is 1.29 bits per heavy atom. The topological polar surface area (TPSA) is 110 Å². The maximum Gasteiger partial charge on any atom is 0.343 e. The summed E-state index contributed by atoms with van der Waals surface area (Å²) >= 11 is 3.33. The quantitative estimate of drug-likeness (QED) is 0.135. The number of aryl methyl sites for hydroxylation is 1. The van der Waals surface area contributed by atoms with Crippen LogP contribution in [0.1, 0.15) is 11.1 Å². The van der Waals surface area contributed by atoms with Crippen LogP contribution in [0.15, 0.2) is 112 Å². The van der Waals surface area contributed by atoms with Crippen molar-refractivity contribution >= 4 is 61.3 Å². The molecule has 0 radical (unpaired) electrons. The van der Waals surface area contributed by atoms with Gasteiger partial charge in [0.2, 0.25) is 0 Å². The highest BCUT2D eigenvalue weighted by molar-refractivity contribution is 9.10. The Kier molecular flexibility index (Phi) is 7.97. The van der Waals surface area contributed by atoms with E-state index in [0.717, 1.165) is 15.4 Å². The highest BCUT2D eigenvalue weighted by atomic mass is 79.9. The van der Waals surface area contributed by atoms with Crippen molar-refractivity contribution in [1.29, 1.82) is 0 Å². The summed E-state index contributed by atoms with van der Waals surface area (Å²) in [5.74, 6) is -1.73. The number of carbonyl (C=O) groups is 3. The van der Waals surface area contributed by atoms with Gasteiger partial charge in [-0.05, 0) is 83.0 Å². The summed E-state index contributed by atoms with van der Waals surface area (Å²) < 4.78 is 36.9. The van der Waals surface area contributed by atoms with Crippen molar-refractivity contribution in [1.82, 2.24) is 0 Å². The smallest absolute Gasteiger partial charge is 0.343 e. The molecule has 4 aromatic rings. The average molecular weight is 648 g/mol. The van der Waals surface area contributed by atoms with Crippen molar-refractivity contribution in [3.63, 3.8) is 0 Å². The number of nitrogens with zero attached hydrogens (tertiary/aromatic N) is 2. The van der Waals surface area contributed by atoms with Crippen LogP contribution < -0.4 is 18.7 Å². The Morgan fingerprint density at radius 1 is 0.762 bits per heavy atom. The second kappa shape index (κ2) is 11.6. The number of methoxy groups -OCH3 is 1. The Morgan fingerprint density at radius 3 is 1.79 bits per heavy atom. The molecule has 1 heterocycles. The number of hydrogen-bond donors (Lipinski definition) is 0. The van der Waals surface area contributed by atoms with E-state index in [2.05, 4.69) is 15.9 Å². The lowest BCUT2D eigenvalue weighted by molar-refractivity contribution is -0.121. The number of amides is 4. The molecule has 1 aliphatic heterocycles. The van der Waals surface area contributed by atoms with Crippen LogP contribution in [0.2, 0.25) is 0 Å². The number of anilines is 2. The van der Waals surface area contributed by atoms with E-state index in [-0.39, 0.29) is 37.8 Å². The van der Waals surface area contributed by atoms with Crippen molar-refractivity contribution in [2.45, 2.75) is 11.8 Å². The van der Waals surface area contributed by atoms with Crippen molar-refractivity contribution in [3.8, 4) is 11.5 Å². The summed E-state index contributed by atoms with van der Waals surface area (Å²) in [6, 6.07) is 24.8. The second-order valence-corrected chi connectivity index (χ2v) is 11.6. The lowest BCUT2D eigenvalue weighted by Gasteiger charge is -2.34. The number of halogens is 1. The Labute approximate surface area is 250 Å². The summed E-state index contributed by atoms with van der Waals surface area (Å²) in [5.41, 5.74) is 1.48. The fourth-order valence-corrected chi connectivity index (χ4v) is 5.88. The molecule has 1 saturated heterocycles. The second-order valence-electron chi connectivity index (χ2n) is 9.18. The molecule has 0 aliphatic carbocycles. The average Bonchev–Trinajstić information content (AvgIpc) is 2.98. The third-order valence-corrected chi connectivity index (χ3v) is 8.17. The maximum atomic E-state index is 13.6. The fraction of sp³-hybridized carbons (Fsp3) is 0.0645. The molecule has 42 heavy (non-hydrogen) atoms. The van der Waals surface area contributed by atoms with Crippen LogP contribution in [0.25, 0.3) is 6.08 Å². The molecule has 0 saturated carbocycles. The molecule has 0 unspecified atom stereocenters. The molecule has 0 spiro atoms. The maximum absolute atomic E-state index is 13.6. The van der Waals surface area contributed by atoms with E-state index in [1.54, 1.807) is 72.8 Å². The van der Waals surface area contributed by atoms with Crippen LogP contribution in [0.3, 0.4) is 0 Å². The number of imide groups is 2. The number of para-hydroxylation sites is 2. The van der Waals surface area contributed by atoms with Gasteiger partial charge in [-0.2, -0.15) is 8.42 Å². The summed E-state index contributed by atoms with van der Waals surface area (Å²) in [5, 5.41) is 0. The number of benzene rings is 4. The lowest BCUT2D eigenvalue weighted by Crippen LogP contribution is -2.57. The van der Waals surface area contributed by atoms with Gasteiger partial charge >= 0.3 is 16.1 Å². The van der Waals surface area contributed by atoms with Gasteiger partial charge in [-0.1, -0.05) is 54.1 Å². The Hall–Kier alpha value is -4.74. The minimum atomic E-state index is -4.21. The molecular formula is C31H23BrN2O7S. The molecule has 0 bridgehead atoms. The summed E-state index contributed by atoms with van der Waals surface area (Å²) in [6.45, 7) is 1.83. The van der Waals surface area contributed by atoms with Gasteiger partial charge in [0.1, 0.15) is 10.5 Å². The van der Waals surface area contributed by atoms with E-state index in [4.69, 9.17) is 8.92 Å². The number of barbiturate groups is 1. The largest absolute Gasteiger partial charge is 0.493 e. The van der Waals surface area contributed by atoms with E-state index >= 15 is 0 Å². The first-order valence-electron chi connectivity index (χ1n) is 12.5. The normalized spacial score (nSPS) is 13.8. The zero-order valence-corrected chi connectivity index (χ0v) is 24.8. The number of rotatable bonds is 7. The fourth-order valence-electron chi connectivity index (χ4n) is 4.27. The summed E-state index contributed by atoms with van der Waals surface area (Å²) in [6.07, 6.45) is 1.31. The molecule has 212 valence electrons. The van der Waals surface area contributed by atoms with E-state index in [9.17, 15) is 22.8 Å². The minimum absolute atomic E-state index is 0.0264. The van der Waals surface area contributed by atoms with Gasteiger partial charge in [-0.15, -0.1) is 0 Å². The van der Waals surface area contributed by atoms with E-state index < -0.39 is 28.0 Å². The van der Waals surface area contributed by atoms with Crippen molar-refractivity contribution in [3.05, 3.63) is 118 Å². The van der Waals surface area contributed by atoms with E-state index in [1.807, 2.05) is 6.92 Å². The van der Waals surface area contributed by atoms with Gasteiger partial charge in [0.15, 0.2) is 11.5 Å². The van der Waals surface area contributed by atoms with Crippen LogP contribution >= 0.6 is 15.9 Å². The molecule has 0 N–H and O–H groups in total. The third kappa shape index (κ3) is 5.56. The minimum Gasteiger partial charge on any atom is -0.493 e. The van der Waals surface area contributed by atoms with Crippen LogP contribution in [0.5, 0.6) is 11.5 Å². The molecule has 5 rings (SSSR count). The summed E-state index contributed by atoms with van der Waals surface area (Å²) in [7, 11) is -2.88. The van der Waals surface area contributed by atoms with Gasteiger partial charge in [-0.25, -0.2) is 14.6 Å². The zero-order chi connectivity index (χ0) is 30.0. The predicted molar refractivity (Wildman–Crippen MR) is 161 cm³/mol. The van der Waals surface area contributed by atoms with Gasteiger partial charge in [-0.3, -0.25) is 9.59 Å². The van der Waals surface area contributed by atoms with Crippen LogP contribution in [-0.4, -0.2) is 33.4 Å². The first kappa shape index (κ1) is 28.8. The zero-order valence-electron chi connectivity index (χ0n) is 22.4. The standard InChI is InChI=1S/C31H23BrN2O7S/c1-20-13-15-24(16-14-20)42(38,39)41-28-26(32)18-21(19-27(28)40-2)17-25-29(35)33(22-9-5-3-6-10-22)31(37)34(30(25)36)23-11-7-4-8-12-23/h3-19H,1-2H3. The highest BCUT2D eigenvalue weighted by Crippen LogP contribution is 2.39. The highest BCUT2D eigenvalue weighted by Gasteiger charge is 2.43.